The Morgan fingerprint density at radius 3 is 2.68 bits per heavy atom. The lowest BCUT2D eigenvalue weighted by Gasteiger charge is -2.16. The first-order chi connectivity index (χ1) is 9.28. The van der Waals surface area contributed by atoms with Crippen molar-refractivity contribution in [2.45, 2.75) is 39.2 Å². The molecule has 1 aromatic heterocycles. The van der Waals surface area contributed by atoms with Gasteiger partial charge in [0.25, 0.3) is 0 Å². The van der Waals surface area contributed by atoms with E-state index in [4.69, 9.17) is 0 Å². The predicted octanol–water partition coefficient (Wildman–Crippen LogP) is 3.60. The van der Waals surface area contributed by atoms with Crippen molar-refractivity contribution in [3.63, 3.8) is 0 Å². The van der Waals surface area contributed by atoms with Gasteiger partial charge in [-0.25, -0.2) is 4.98 Å². The zero-order valence-corrected chi connectivity index (χ0v) is 12.5. The summed E-state index contributed by atoms with van der Waals surface area (Å²) in [5.41, 5.74) is 2.55. The molecule has 1 aromatic carbocycles. The second-order valence-corrected chi connectivity index (χ2v) is 5.81. The molecule has 0 saturated heterocycles. The summed E-state index contributed by atoms with van der Waals surface area (Å²) in [6.45, 7) is 5.25. The van der Waals surface area contributed by atoms with E-state index in [1.54, 1.807) is 11.3 Å². The number of rotatable bonds is 7. The van der Waals surface area contributed by atoms with Crippen LogP contribution in [-0.4, -0.2) is 17.6 Å². The van der Waals surface area contributed by atoms with Gasteiger partial charge in [-0.15, -0.1) is 11.3 Å². The number of hydrogen-bond acceptors (Lipinski definition) is 3. The van der Waals surface area contributed by atoms with E-state index in [1.807, 2.05) is 0 Å². The zero-order chi connectivity index (χ0) is 13.5. The van der Waals surface area contributed by atoms with Crippen LogP contribution in [0.2, 0.25) is 0 Å². The van der Waals surface area contributed by atoms with Gasteiger partial charge in [0.15, 0.2) is 0 Å². The molecule has 2 aromatic rings. The first-order valence-corrected chi connectivity index (χ1v) is 7.84. The minimum Gasteiger partial charge on any atom is -0.314 e. The number of nitrogens with one attached hydrogen (secondary N) is 1. The Morgan fingerprint density at radius 2 is 2.05 bits per heavy atom. The van der Waals surface area contributed by atoms with E-state index < -0.39 is 0 Å². The molecule has 0 saturated carbocycles. The van der Waals surface area contributed by atoms with Crippen molar-refractivity contribution in [2.75, 3.05) is 6.54 Å². The second kappa shape index (κ2) is 7.41. The minimum atomic E-state index is 0.524. The Kier molecular flexibility index (Phi) is 5.55. The molecule has 1 unspecified atom stereocenters. The van der Waals surface area contributed by atoms with Gasteiger partial charge >= 0.3 is 0 Å². The standard InChI is InChI=1S/C16H22N2S/c1-3-17-15(11-16-18-13(2)12-19-16)10-9-14-7-5-4-6-8-14/h4-8,12,15,17H,3,9-11H2,1-2H3. The smallest absolute Gasteiger partial charge is 0.0943 e. The topological polar surface area (TPSA) is 24.9 Å². The lowest BCUT2D eigenvalue weighted by molar-refractivity contribution is 0.490. The Hall–Kier alpha value is -1.19. The van der Waals surface area contributed by atoms with E-state index in [2.05, 4.69) is 59.9 Å². The van der Waals surface area contributed by atoms with Crippen molar-refractivity contribution in [2.24, 2.45) is 0 Å². The molecule has 3 heteroatoms. The lowest BCUT2D eigenvalue weighted by atomic mass is 10.0. The second-order valence-electron chi connectivity index (χ2n) is 4.87. The largest absolute Gasteiger partial charge is 0.314 e. The lowest BCUT2D eigenvalue weighted by Crippen LogP contribution is -2.31. The third kappa shape index (κ3) is 4.77. The maximum atomic E-state index is 4.57. The number of aryl methyl sites for hydroxylation is 2. The van der Waals surface area contributed by atoms with Gasteiger partial charge in [-0.2, -0.15) is 0 Å². The normalized spacial score (nSPS) is 12.5. The number of aromatic nitrogens is 1. The fraction of sp³-hybridized carbons (Fsp3) is 0.438. The van der Waals surface area contributed by atoms with Crippen molar-refractivity contribution < 1.29 is 0 Å². The molecule has 2 nitrogen and oxygen atoms in total. The molecule has 0 bridgehead atoms. The molecule has 2 rings (SSSR count). The van der Waals surface area contributed by atoms with Gasteiger partial charge in [-0.1, -0.05) is 37.3 Å². The molecule has 1 heterocycles. The zero-order valence-electron chi connectivity index (χ0n) is 11.7. The van der Waals surface area contributed by atoms with E-state index in [1.165, 1.54) is 10.6 Å². The van der Waals surface area contributed by atoms with Gasteiger partial charge in [0, 0.05) is 23.5 Å². The fourth-order valence-electron chi connectivity index (χ4n) is 2.26. The molecule has 0 radical (unpaired) electrons. The van der Waals surface area contributed by atoms with Crippen LogP contribution in [0.1, 0.15) is 29.6 Å². The SMILES string of the molecule is CCNC(CCc1ccccc1)Cc1nc(C)cs1. The summed E-state index contributed by atoms with van der Waals surface area (Å²) in [6, 6.07) is 11.2. The molecule has 102 valence electrons. The summed E-state index contributed by atoms with van der Waals surface area (Å²) in [7, 11) is 0. The molecule has 1 atom stereocenters. The van der Waals surface area contributed by atoms with Crippen LogP contribution >= 0.6 is 11.3 Å². The van der Waals surface area contributed by atoms with Crippen LogP contribution in [0.5, 0.6) is 0 Å². The molecule has 0 aliphatic heterocycles. The van der Waals surface area contributed by atoms with Gasteiger partial charge in [0.2, 0.25) is 0 Å². The summed E-state index contributed by atoms with van der Waals surface area (Å²) in [6.07, 6.45) is 3.33. The van der Waals surface area contributed by atoms with Crippen LogP contribution in [-0.2, 0) is 12.8 Å². The molecular formula is C16H22N2S. The first-order valence-electron chi connectivity index (χ1n) is 6.96. The molecule has 0 aliphatic rings. The summed E-state index contributed by atoms with van der Waals surface area (Å²) >= 11 is 1.77. The van der Waals surface area contributed by atoms with Gasteiger partial charge in [0.05, 0.1) is 5.01 Å². The van der Waals surface area contributed by atoms with Gasteiger partial charge in [-0.3, -0.25) is 0 Å². The van der Waals surface area contributed by atoms with Crippen molar-refractivity contribution in [1.82, 2.24) is 10.3 Å². The molecule has 0 aliphatic carbocycles. The molecule has 0 amide bonds. The van der Waals surface area contributed by atoms with E-state index >= 15 is 0 Å². The van der Waals surface area contributed by atoms with E-state index in [-0.39, 0.29) is 0 Å². The third-order valence-electron chi connectivity index (χ3n) is 3.20. The molecule has 0 spiro atoms. The summed E-state index contributed by atoms with van der Waals surface area (Å²) in [5.74, 6) is 0. The number of likely N-dealkylation sites (N-methyl/N-ethyl adjacent to an activating group) is 1. The summed E-state index contributed by atoms with van der Waals surface area (Å²) in [4.78, 5) is 4.57. The molecule has 1 N–H and O–H groups in total. The highest BCUT2D eigenvalue weighted by Gasteiger charge is 2.10. The Balaban J connectivity index is 1.89. The van der Waals surface area contributed by atoms with Crippen LogP contribution in [0.3, 0.4) is 0 Å². The van der Waals surface area contributed by atoms with E-state index in [0.717, 1.165) is 31.5 Å². The predicted molar refractivity (Wildman–Crippen MR) is 82.8 cm³/mol. The molecule has 19 heavy (non-hydrogen) atoms. The third-order valence-corrected chi connectivity index (χ3v) is 4.19. The van der Waals surface area contributed by atoms with Crippen LogP contribution < -0.4 is 5.32 Å². The first kappa shape index (κ1) is 14.2. The number of nitrogens with zero attached hydrogens (tertiary/aromatic N) is 1. The van der Waals surface area contributed by atoms with Gasteiger partial charge in [-0.05, 0) is 31.9 Å². The maximum Gasteiger partial charge on any atom is 0.0943 e. The highest BCUT2D eigenvalue weighted by atomic mass is 32.1. The maximum absolute atomic E-state index is 4.57. The number of hydrogen-bond donors (Lipinski definition) is 1. The van der Waals surface area contributed by atoms with Crippen molar-refractivity contribution in [3.8, 4) is 0 Å². The van der Waals surface area contributed by atoms with Crippen LogP contribution in [0.15, 0.2) is 35.7 Å². The summed E-state index contributed by atoms with van der Waals surface area (Å²) in [5, 5.41) is 6.96. The summed E-state index contributed by atoms with van der Waals surface area (Å²) < 4.78 is 0. The highest BCUT2D eigenvalue weighted by molar-refractivity contribution is 7.09. The quantitative estimate of drug-likeness (QED) is 0.834. The number of thiazole rings is 1. The molecule has 0 fully saturated rings. The van der Waals surface area contributed by atoms with Crippen LogP contribution in [0, 0.1) is 6.92 Å². The van der Waals surface area contributed by atoms with E-state index in [9.17, 15) is 0 Å². The minimum absolute atomic E-state index is 0.524. The monoisotopic (exact) mass is 274 g/mol. The van der Waals surface area contributed by atoms with E-state index in [0.29, 0.717) is 6.04 Å². The van der Waals surface area contributed by atoms with Crippen LogP contribution in [0.4, 0.5) is 0 Å². The van der Waals surface area contributed by atoms with Crippen molar-refractivity contribution in [1.29, 1.82) is 0 Å². The Morgan fingerprint density at radius 1 is 1.26 bits per heavy atom. The van der Waals surface area contributed by atoms with Crippen molar-refractivity contribution >= 4 is 11.3 Å². The Labute approximate surface area is 119 Å². The van der Waals surface area contributed by atoms with Crippen LogP contribution in [0.25, 0.3) is 0 Å². The number of benzene rings is 1. The van der Waals surface area contributed by atoms with Gasteiger partial charge < -0.3 is 5.32 Å². The molecular weight excluding hydrogens is 252 g/mol. The average Bonchev–Trinajstić information content (AvgIpc) is 2.83. The highest BCUT2D eigenvalue weighted by Crippen LogP contribution is 2.14. The Bertz CT molecular complexity index is 479. The fourth-order valence-corrected chi connectivity index (χ4v) is 3.11. The average molecular weight is 274 g/mol. The van der Waals surface area contributed by atoms with Crippen molar-refractivity contribution in [3.05, 3.63) is 52.0 Å². The van der Waals surface area contributed by atoms with Gasteiger partial charge in [0.1, 0.15) is 0 Å².